The molecular weight excluding hydrogens is 486 g/mol. The van der Waals surface area contributed by atoms with Gasteiger partial charge in [0.05, 0.1) is 26.2 Å². The molecule has 0 saturated carbocycles. The molecule has 1 aliphatic heterocycles. The normalized spacial score (nSPS) is 19.5. The summed E-state index contributed by atoms with van der Waals surface area (Å²) in [5.74, 6) is 0. The third kappa shape index (κ3) is 3.43. The number of benzene rings is 2. The number of aromatic nitrogens is 3. The third-order valence-corrected chi connectivity index (χ3v) is 6.81. The van der Waals surface area contributed by atoms with E-state index < -0.39 is 5.41 Å². The largest absolute Gasteiger partial charge is 0.624 e. The van der Waals surface area contributed by atoms with Crippen molar-refractivity contribution >= 4 is 56.4 Å². The maximum absolute atomic E-state index is 12.8. The van der Waals surface area contributed by atoms with Crippen LogP contribution in [0.1, 0.15) is 24.5 Å². The Morgan fingerprint density at radius 3 is 2.50 bits per heavy atom. The fraction of sp³-hybridized carbons (Fsp3) is 0.211. The lowest BCUT2D eigenvalue weighted by atomic mass is 9.79. The molecule has 9 heteroatoms. The van der Waals surface area contributed by atoms with E-state index in [0.29, 0.717) is 33.7 Å². The maximum Gasteiger partial charge on any atom is 0.195 e. The van der Waals surface area contributed by atoms with E-state index in [1.807, 2.05) is 25.1 Å². The van der Waals surface area contributed by atoms with Gasteiger partial charge in [0.25, 0.3) is 0 Å². The van der Waals surface area contributed by atoms with Crippen molar-refractivity contribution in [2.45, 2.75) is 18.8 Å². The Morgan fingerprint density at radius 2 is 1.89 bits per heavy atom. The fourth-order valence-electron chi connectivity index (χ4n) is 3.47. The average molecular weight is 501 g/mol. The molecule has 0 aliphatic carbocycles. The van der Waals surface area contributed by atoms with Gasteiger partial charge < -0.3 is 5.21 Å². The van der Waals surface area contributed by atoms with Crippen LogP contribution in [-0.4, -0.2) is 31.8 Å². The van der Waals surface area contributed by atoms with Gasteiger partial charge in [-0.2, -0.15) is 5.10 Å². The maximum atomic E-state index is 12.8. The molecule has 0 N–H and O–H groups in total. The van der Waals surface area contributed by atoms with E-state index in [0.717, 1.165) is 26.0 Å². The van der Waals surface area contributed by atoms with E-state index in [-0.39, 0.29) is 0 Å². The second-order valence-electron chi connectivity index (χ2n) is 6.98. The van der Waals surface area contributed by atoms with Crippen molar-refractivity contribution in [2.24, 2.45) is 0 Å². The molecule has 28 heavy (non-hydrogen) atoms. The van der Waals surface area contributed by atoms with Crippen LogP contribution in [0.25, 0.3) is 5.69 Å². The smallest absolute Gasteiger partial charge is 0.195 e. The Morgan fingerprint density at radius 1 is 1.18 bits per heavy atom. The molecule has 0 fully saturated rings. The number of halogens is 4. The molecule has 3 aromatic rings. The van der Waals surface area contributed by atoms with Crippen molar-refractivity contribution in [3.63, 3.8) is 0 Å². The van der Waals surface area contributed by atoms with Crippen LogP contribution in [0.5, 0.6) is 0 Å². The summed E-state index contributed by atoms with van der Waals surface area (Å²) in [5, 5.41) is 18.0. The summed E-state index contributed by atoms with van der Waals surface area (Å²) in [5.41, 5.74) is 2.86. The molecule has 4 rings (SSSR count). The first-order valence-corrected chi connectivity index (χ1v) is 10.3. The van der Waals surface area contributed by atoms with E-state index in [2.05, 4.69) is 26.0 Å². The molecular formula is C19H14BrCl3N4O. The van der Waals surface area contributed by atoms with E-state index in [1.54, 1.807) is 23.1 Å². The van der Waals surface area contributed by atoms with Gasteiger partial charge in [0.15, 0.2) is 12.3 Å². The highest BCUT2D eigenvalue weighted by Crippen LogP contribution is 2.40. The van der Waals surface area contributed by atoms with Crippen molar-refractivity contribution in [1.82, 2.24) is 14.8 Å². The molecule has 0 amide bonds. The monoisotopic (exact) mass is 498 g/mol. The van der Waals surface area contributed by atoms with Gasteiger partial charge in [0.1, 0.15) is 12.7 Å². The molecule has 1 aliphatic rings. The third-order valence-electron chi connectivity index (χ3n) is 4.98. The number of hydroxylamine groups is 1. The van der Waals surface area contributed by atoms with Crippen LogP contribution in [-0.2, 0) is 5.41 Å². The predicted octanol–water partition coefficient (Wildman–Crippen LogP) is 5.65. The van der Waals surface area contributed by atoms with Gasteiger partial charge >= 0.3 is 0 Å². The predicted molar refractivity (Wildman–Crippen MR) is 115 cm³/mol. The van der Waals surface area contributed by atoms with Gasteiger partial charge in [-0.25, -0.2) is 14.4 Å². The first-order valence-electron chi connectivity index (χ1n) is 8.39. The summed E-state index contributed by atoms with van der Waals surface area (Å²) in [6, 6.07) is 9.31. The molecule has 0 spiro atoms. The van der Waals surface area contributed by atoms with Crippen molar-refractivity contribution in [2.75, 3.05) is 6.54 Å². The van der Waals surface area contributed by atoms with Gasteiger partial charge in [-0.05, 0) is 58.7 Å². The van der Waals surface area contributed by atoms with Crippen molar-refractivity contribution in [1.29, 1.82) is 0 Å². The van der Waals surface area contributed by atoms with Gasteiger partial charge in [0, 0.05) is 16.5 Å². The molecule has 1 aromatic heterocycles. The highest BCUT2D eigenvalue weighted by Gasteiger charge is 2.42. The van der Waals surface area contributed by atoms with Crippen LogP contribution in [0.15, 0.2) is 47.5 Å². The summed E-state index contributed by atoms with van der Waals surface area (Å²) in [7, 11) is 0. The Hall–Kier alpha value is -1.60. The summed E-state index contributed by atoms with van der Waals surface area (Å²) in [6.45, 7) is 2.33. The number of hydrogen-bond acceptors (Lipinski definition) is 3. The standard InChI is InChI=1S/C19H14BrCl3N4O/c1-19(12-5-14(21)18(23)15(22)6-12)7-17(27(28)8-19)11-2-3-16(13(20)4-11)26-10-24-9-25-26/h2-6,9-10H,7-8H2,1H3. The molecule has 1 unspecified atom stereocenters. The first-order chi connectivity index (χ1) is 13.3. The lowest BCUT2D eigenvalue weighted by molar-refractivity contribution is -0.455. The quantitative estimate of drug-likeness (QED) is 0.265. The van der Waals surface area contributed by atoms with E-state index in [4.69, 9.17) is 34.8 Å². The van der Waals surface area contributed by atoms with Crippen LogP contribution in [0, 0.1) is 5.21 Å². The zero-order chi connectivity index (χ0) is 20.1. The van der Waals surface area contributed by atoms with Crippen LogP contribution in [0.3, 0.4) is 0 Å². The fourth-order valence-corrected chi connectivity index (χ4v) is 4.63. The minimum Gasteiger partial charge on any atom is -0.624 e. The minimum absolute atomic E-state index is 0.305. The minimum atomic E-state index is -0.425. The Kier molecular flexibility index (Phi) is 5.16. The van der Waals surface area contributed by atoms with E-state index in [1.165, 1.54) is 6.33 Å². The Bertz CT molecular complexity index is 1080. The lowest BCUT2D eigenvalue weighted by Gasteiger charge is -2.22. The van der Waals surface area contributed by atoms with Crippen LogP contribution >= 0.6 is 50.7 Å². The molecule has 0 radical (unpaired) electrons. The first kappa shape index (κ1) is 19.7. The lowest BCUT2D eigenvalue weighted by Crippen LogP contribution is -2.25. The molecule has 144 valence electrons. The highest BCUT2D eigenvalue weighted by atomic mass is 79.9. The molecule has 5 nitrogen and oxygen atoms in total. The summed E-state index contributed by atoms with van der Waals surface area (Å²) < 4.78 is 3.51. The Balaban J connectivity index is 1.67. The van der Waals surface area contributed by atoms with E-state index in [9.17, 15) is 5.21 Å². The molecule has 1 atom stereocenters. The summed E-state index contributed by atoms with van der Waals surface area (Å²) in [4.78, 5) is 3.96. The van der Waals surface area contributed by atoms with Gasteiger partial charge in [-0.3, -0.25) is 0 Å². The topological polar surface area (TPSA) is 56.8 Å². The highest BCUT2D eigenvalue weighted by molar-refractivity contribution is 9.10. The van der Waals surface area contributed by atoms with Gasteiger partial charge in [-0.1, -0.05) is 34.8 Å². The second-order valence-corrected chi connectivity index (χ2v) is 9.03. The Labute approximate surface area is 185 Å². The summed E-state index contributed by atoms with van der Waals surface area (Å²) in [6.07, 6.45) is 3.65. The summed E-state index contributed by atoms with van der Waals surface area (Å²) >= 11 is 22.0. The van der Waals surface area contributed by atoms with Crippen molar-refractivity contribution in [3.05, 3.63) is 78.9 Å². The molecule has 2 heterocycles. The van der Waals surface area contributed by atoms with Gasteiger partial charge in [0.2, 0.25) is 0 Å². The average Bonchev–Trinajstić information content (AvgIpc) is 3.27. The van der Waals surface area contributed by atoms with E-state index >= 15 is 0 Å². The molecule has 0 bridgehead atoms. The zero-order valence-corrected chi connectivity index (χ0v) is 18.5. The molecule has 0 saturated heterocycles. The van der Waals surface area contributed by atoms with Crippen molar-refractivity contribution in [3.8, 4) is 5.69 Å². The SMILES string of the molecule is CC1(c2cc(Cl)c(Cl)c(Cl)c2)CC(c2ccc(-n3cncn3)c(Br)c2)=[N+]([O-])C1. The van der Waals surface area contributed by atoms with Crippen LogP contribution in [0.2, 0.25) is 15.1 Å². The van der Waals surface area contributed by atoms with Gasteiger partial charge in [-0.15, -0.1) is 0 Å². The van der Waals surface area contributed by atoms with Crippen molar-refractivity contribution < 1.29 is 4.74 Å². The second kappa shape index (κ2) is 7.34. The van der Waals surface area contributed by atoms with Crippen LogP contribution < -0.4 is 0 Å². The zero-order valence-electron chi connectivity index (χ0n) is 14.7. The molecule has 2 aromatic carbocycles. The van der Waals surface area contributed by atoms with Crippen LogP contribution in [0.4, 0.5) is 0 Å². The number of hydrogen-bond donors (Lipinski definition) is 0. The number of nitrogens with zero attached hydrogens (tertiary/aromatic N) is 4. The number of rotatable bonds is 3.